The minimum absolute atomic E-state index is 0.0190. The molecule has 5 nitrogen and oxygen atoms in total. The van der Waals surface area contributed by atoms with Crippen LogP contribution in [0.5, 0.6) is 11.5 Å². The highest BCUT2D eigenvalue weighted by Crippen LogP contribution is 2.33. The number of para-hydroxylation sites is 2. The zero-order valence-corrected chi connectivity index (χ0v) is 18.3. The molecule has 0 aliphatic carbocycles. The Hall–Kier alpha value is -3.09. The van der Waals surface area contributed by atoms with E-state index in [0.29, 0.717) is 29.4 Å². The molecule has 4 aromatic rings. The van der Waals surface area contributed by atoms with Crippen molar-refractivity contribution in [1.29, 1.82) is 0 Å². The van der Waals surface area contributed by atoms with E-state index in [2.05, 4.69) is 4.90 Å². The lowest BCUT2D eigenvalue weighted by Crippen LogP contribution is -2.48. The third kappa shape index (κ3) is 4.22. The van der Waals surface area contributed by atoms with Gasteiger partial charge in [-0.2, -0.15) is 0 Å². The van der Waals surface area contributed by atoms with E-state index < -0.39 is 0 Å². The Morgan fingerprint density at radius 2 is 1.65 bits per heavy atom. The normalized spacial score (nSPS) is 14.1. The first-order chi connectivity index (χ1) is 15.2. The highest BCUT2D eigenvalue weighted by atomic mass is 35.5. The van der Waals surface area contributed by atoms with Crippen LogP contribution in [0.3, 0.4) is 0 Å². The van der Waals surface area contributed by atoms with Gasteiger partial charge in [0, 0.05) is 31.7 Å². The number of fused-ring (bicyclic) bond motifs is 1. The summed E-state index contributed by atoms with van der Waals surface area (Å²) < 4.78 is 6.95. The fourth-order valence-corrected chi connectivity index (χ4v) is 4.96. The fourth-order valence-electron chi connectivity index (χ4n) is 3.64. The minimum atomic E-state index is 0.0190. The van der Waals surface area contributed by atoms with E-state index in [9.17, 15) is 4.79 Å². The lowest BCUT2D eigenvalue weighted by Gasteiger charge is -2.34. The van der Waals surface area contributed by atoms with Gasteiger partial charge in [-0.15, -0.1) is 0 Å². The fraction of sp³-hybridized carbons (Fsp3) is 0.167. The summed E-state index contributed by atoms with van der Waals surface area (Å²) in [4.78, 5) is 21.9. The molecule has 1 aromatic heterocycles. The number of benzene rings is 3. The van der Waals surface area contributed by atoms with Gasteiger partial charge in [-0.05, 0) is 42.5 Å². The van der Waals surface area contributed by atoms with E-state index in [0.717, 1.165) is 34.2 Å². The maximum Gasteiger partial charge on any atom is 0.254 e. The van der Waals surface area contributed by atoms with Crippen LogP contribution in [0.2, 0.25) is 5.02 Å². The third-order valence-electron chi connectivity index (χ3n) is 5.26. The first-order valence-electron chi connectivity index (χ1n) is 10.1. The molecule has 5 rings (SSSR count). The predicted octanol–water partition coefficient (Wildman–Crippen LogP) is 5.70. The summed E-state index contributed by atoms with van der Waals surface area (Å²) in [5, 5.41) is 1.62. The van der Waals surface area contributed by atoms with Crippen LogP contribution in [0.25, 0.3) is 10.2 Å². The van der Waals surface area contributed by atoms with Crippen LogP contribution in [0.4, 0.5) is 5.13 Å². The topological polar surface area (TPSA) is 45.7 Å². The van der Waals surface area contributed by atoms with Crippen molar-refractivity contribution in [3.63, 3.8) is 0 Å². The Morgan fingerprint density at radius 1 is 0.903 bits per heavy atom. The molecule has 2 heterocycles. The molecule has 1 saturated heterocycles. The highest BCUT2D eigenvalue weighted by molar-refractivity contribution is 7.22. The van der Waals surface area contributed by atoms with E-state index >= 15 is 0 Å². The average Bonchev–Trinajstić information content (AvgIpc) is 3.25. The van der Waals surface area contributed by atoms with Crippen molar-refractivity contribution >= 4 is 44.2 Å². The van der Waals surface area contributed by atoms with Crippen molar-refractivity contribution in [3.8, 4) is 11.5 Å². The predicted molar refractivity (Wildman–Crippen MR) is 126 cm³/mol. The average molecular weight is 450 g/mol. The summed E-state index contributed by atoms with van der Waals surface area (Å²) in [6.07, 6.45) is 0. The third-order valence-corrected chi connectivity index (χ3v) is 6.64. The molecular weight excluding hydrogens is 430 g/mol. The minimum Gasteiger partial charge on any atom is -0.457 e. The number of rotatable bonds is 4. The van der Waals surface area contributed by atoms with Gasteiger partial charge in [0.15, 0.2) is 5.13 Å². The van der Waals surface area contributed by atoms with Gasteiger partial charge in [-0.3, -0.25) is 4.79 Å². The van der Waals surface area contributed by atoms with Gasteiger partial charge in [0.25, 0.3) is 5.91 Å². The maximum absolute atomic E-state index is 13.1. The van der Waals surface area contributed by atoms with E-state index in [1.54, 1.807) is 17.4 Å². The highest BCUT2D eigenvalue weighted by Gasteiger charge is 2.24. The van der Waals surface area contributed by atoms with Crippen LogP contribution in [-0.4, -0.2) is 42.0 Å². The Kier molecular flexibility index (Phi) is 5.49. The van der Waals surface area contributed by atoms with Crippen LogP contribution in [0, 0.1) is 0 Å². The largest absolute Gasteiger partial charge is 0.457 e. The summed E-state index contributed by atoms with van der Waals surface area (Å²) in [7, 11) is 0. The molecule has 1 fully saturated rings. The molecule has 0 bridgehead atoms. The molecule has 0 saturated carbocycles. The zero-order chi connectivity index (χ0) is 21.2. The van der Waals surface area contributed by atoms with Crippen LogP contribution >= 0.6 is 22.9 Å². The number of anilines is 1. The standard InChI is InChI=1S/C24H20ClN3O2S/c25-20-10-5-11-21-22(20)26-24(31-21)28-14-12-27(13-15-28)23(29)17-6-4-9-19(16-17)30-18-7-2-1-3-8-18/h1-11,16H,12-15H2. The van der Waals surface area contributed by atoms with Crippen molar-refractivity contribution in [2.75, 3.05) is 31.1 Å². The first kappa shape index (κ1) is 19.8. The van der Waals surface area contributed by atoms with Crippen LogP contribution < -0.4 is 9.64 Å². The Labute approximate surface area is 189 Å². The molecule has 31 heavy (non-hydrogen) atoms. The van der Waals surface area contributed by atoms with Gasteiger partial charge in [-0.25, -0.2) is 4.98 Å². The van der Waals surface area contributed by atoms with Crippen molar-refractivity contribution in [3.05, 3.63) is 83.4 Å². The summed E-state index contributed by atoms with van der Waals surface area (Å²) in [6, 6.07) is 22.8. The Bertz CT molecular complexity index is 1220. The molecule has 0 atom stereocenters. The summed E-state index contributed by atoms with van der Waals surface area (Å²) >= 11 is 7.91. The van der Waals surface area contributed by atoms with Crippen LogP contribution in [0.1, 0.15) is 10.4 Å². The van der Waals surface area contributed by atoms with Gasteiger partial charge in [0.1, 0.15) is 17.0 Å². The summed E-state index contributed by atoms with van der Waals surface area (Å²) in [6.45, 7) is 2.77. The number of ether oxygens (including phenoxy) is 1. The van der Waals surface area contributed by atoms with E-state index in [1.807, 2.05) is 71.6 Å². The van der Waals surface area contributed by atoms with E-state index in [1.165, 1.54) is 0 Å². The SMILES string of the molecule is O=C(c1cccc(Oc2ccccc2)c1)N1CCN(c2nc3c(Cl)cccc3s2)CC1. The molecule has 1 amide bonds. The number of aromatic nitrogens is 1. The Balaban J connectivity index is 1.25. The molecule has 7 heteroatoms. The van der Waals surface area contributed by atoms with Crippen molar-refractivity contribution in [1.82, 2.24) is 9.88 Å². The number of carbonyl (C=O) groups is 1. The van der Waals surface area contributed by atoms with Gasteiger partial charge in [-0.1, -0.05) is 53.3 Å². The number of piperazine rings is 1. The monoisotopic (exact) mass is 449 g/mol. The second kappa shape index (κ2) is 8.57. The number of hydrogen-bond acceptors (Lipinski definition) is 5. The Morgan fingerprint density at radius 3 is 2.42 bits per heavy atom. The number of thiazole rings is 1. The zero-order valence-electron chi connectivity index (χ0n) is 16.7. The summed E-state index contributed by atoms with van der Waals surface area (Å²) in [5.41, 5.74) is 1.48. The smallest absolute Gasteiger partial charge is 0.254 e. The molecule has 1 aliphatic heterocycles. The quantitative estimate of drug-likeness (QED) is 0.400. The molecule has 0 N–H and O–H groups in total. The molecule has 0 radical (unpaired) electrons. The number of amides is 1. The van der Waals surface area contributed by atoms with Crippen LogP contribution in [-0.2, 0) is 0 Å². The van der Waals surface area contributed by atoms with Gasteiger partial charge in [0.05, 0.1) is 9.72 Å². The molecule has 0 spiro atoms. The number of carbonyl (C=O) groups excluding carboxylic acids is 1. The molecule has 0 unspecified atom stereocenters. The lowest BCUT2D eigenvalue weighted by atomic mass is 10.1. The first-order valence-corrected chi connectivity index (χ1v) is 11.3. The van der Waals surface area contributed by atoms with Gasteiger partial charge < -0.3 is 14.5 Å². The van der Waals surface area contributed by atoms with E-state index in [-0.39, 0.29) is 5.91 Å². The van der Waals surface area contributed by atoms with Crippen molar-refractivity contribution in [2.45, 2.75) is 0 Å². The lowest BCUT2D eigenvalue weighted by molar-refractivity contribution is 0.0746. The second-order valence-electron chi connectivity index (χ2n) is 7.31. The number of hydrogen-bond donors (Lipinski definition) is 0. The van der Waals surface area contributed by atoms with Crippen molar-refractivity contribution < 1.29 is 9.53 Å². The van der Waals surface area contributed by atoms with Gasteiger partial charge >= 0.3 is 0 Å². The number of halogens is 1. The van der Waals surface area contributed by atoms with E-state index in [4.69, 9.17) is 21.3 Å². The second-order valence-corrected chi connectivity index (χ2v) is 8.72. The van der Waals surface area contributed by atoms with Crippen LogP contribution in [0.15, 0.2) is 72.8 Å². The molecule has 156 valence electrons. The maximum atomic E-state index is 13.1. The number of nitrogens with zero attached hydrogens (tertiary/aromatic N) is 3. The summed E-state index contributed by atoms with van der Waals surface area (Å²) in [5.74, 6) is 1.42. The molecule has 1 aliphatic rings. The molecule has 3 aromatic carbocycles. The molecular formula is C24H20ClN3O2S. The van der Waals surface area contributed by atoms with Gasteiger partial charge in [0.2, 0.25) is 0 Å². The van der Waals surface area contributed by atoms with Crippen molar-refractivity contribution in [2.24, 2.45) is 0 Å².